The summed E-state index contributed by atoms with van der Waals surface area (Å²) >= 11 is 0. The number of guanidine groups is 1. The van der Waals surface area contributed by atoms with Crippen LogP contribution in [0, 0.1) is 5.41 Å². The second-order valence-electron chi connectivity index (χ2n) is 9.57. The van der Waals surface area contributed by atoms with E-state index in [1.54, 1.807) is 12.1 Å². The van der Waals surface area contributed by atoms with Gasteiger partial charge in [0.05, 0.1) is 18.1 Å². The van der Waals surface area contributed by atoms with Gasteiger partial charge in [-0.2, -0.15) is 17.9 Å². The van der Waals surface area contributed by atoms with Crippen molar-refractivity contribution < 1.29 is 45.5 Å². The fourth-order valence-electron chi connectivity index (χ4n) is 3.19. The quantitative estimate of drug-likeness (QED) is 0.0727. The molecule has 0 bridgehead atoms. The van der Waals surface area contributed by atoms with Crippen LogP contribution >= 0.6 is 0 Å². The van der Waals surface area contributed by atoms with E-state index < -0.39 is 40.6 Å². The minimum atomic E-state index is -5.45. The van der Waals surface area contributed by atoms with E-state index in [4.69, 9.17) is 20.7 Å². The van der Waals surface area contributed by atoms with Crippen molar-refractivity contribution in [3.63, 3.8) is 0 Å². The Kier molecular flexibility index (Phi) is 11.0. The van der Waals surface area contributed by atoms with Crippen LogP contribution in [-0.4, -0.2) is 51.7 Å². The molecule has 15 heteroatoms. The summed E-state index contributed by atoms with van der Waals surface area (Å²) in [7, 11) is -4.40. The summed E-state index contributed by atoms with van der Waals surface area (Å²) in [5, 5.41) is 6.96. The molecule has 2 aromatic carbocycles. The van der Waals surface area contributed by atoms with Crippen molar-refractivity contribution in [1.82, 2.24) is 10.2 Å². The summed E-state index contributed by atoms with van der Waals surface area (Å²) < 4.78 is 75.5. The molecule has 0 saturated heterocycles. The number of hydrogen-bond acceptors (Lipinski definition) is 8. The number of esters is 2. The summed E-state index contributed by atoms with van der Waals surface area (Å²) in [5.41, 5.74) is 8.15. The van der Waals surface area contributed by atoms with Gasteiger partial charge < -0.3 is 15.2 Å². The fraction of sp³-hybridized carbons (Fsp3) is 0.400. The smallest absolute Gasteiger partial charge is 0.491 e. The van der Waals surface area contributed by atoms with Crippen LogP contribution in [-0.2, 0) is 41.0 Å². The fourth-order valence-corrected chi connectivity index (χ4v) is 4.37. The van der Waals surface area contributed by atoms with Gasteiger partial charge in [0.15, 0.2) is 0 Å². The lowest BCUT2D eigenvalue weighted by Crippen LogP contribution is -2.45. The zero-order valence-corrected chi connectivity index (χ0v) is 22.8. The molecular weight excluding hydrogens is 557 g/mol. The van der Waals surface area contributed by atoms with Gasteiger partial charge in [-0.25, -0.2) is 23.5 Å². The summed E-state index contributed by atoms with van der Waals surface area (Å²) in [6.45, 7) is 6.23. The normalized spacial score (nSPS) is 12.8. The van der Waals surface area contributed by atoms with E-state index in [0.29, 0.717) is 17.7 Å². The van der Waals surface area contributed by atoms with Crippen LogP contribution < -0.4 is 20.7 Å². The van der Waals surface area contributed by atoms with Gasteiger partial charge >= 0.3 is 18.1 Å². The third-order valence-corrected chi connectivity index (χ3v) is 6.73. The number of ether oxygens (including phenoxy) is 2. The molecule has 0 aliphatic carbocycles. The SMILES string of the molecule is CC(C)(C)c1ccc(S(=O)(=O)N[C@@H](Cc2ccc(OCCCONC(=N)N)cc2)C(=O)OC(=O)C(F)(F)F)cc1. The highest BCUT2D eigenvalue weighted by atomic mass is 32.2. The van der Waals surface area contributed by atoms with Crippen LogP contribution in [0.4, 0.5) is 13.2 Å². The molecule has 5 N–H and O–H groups in total. The van der Waals surface area contributed by atoms with Gasteiger partial charge in [-0.15, -0.1) is 0 Å². The van der Waals surface area contributed by atoms with Gasteiger partial charge in [0.1, 0.15) is 11.8 Å². The number of benzene rings is 2. The van der Waals surface area contributed by atoms with Crippen molar-refractivity contribution in [2.75, 3.05) is 13.2 Å². The number of sulfonamides is 1. The van der Waals surface area contributed by atoms with E-state index in [1.807, 2.05) is 20.8 Å². The van der Waals surface area contributed by atoms with E-state index in [1.165, 1.54) is 36.4 Å². The van der Waals surface area contributed by atoms with E-state index in [0.717, 1.165) is 5.56 Å². The molecule has 0 aliphatic rings. The zero-order valence-electron chi connectivity index (χ0n) is 22.0. The first-order valence-electron chi connectivity index (χ1n) is 11.9. The number of carbonyl (C=O) groups is 2. The van der Waals surface area contributed by atoms with Crippen LogP contribution in [0.3, 0.4) is 0 Å². The molecule has 2 rings (SSSR count). The molecule has 0 aliphatic heterocycles. The number of nitrogens with two attached hydrogens (primary N) is 1. The average molecular weight is 589 g/mol. The number of hydroxylamine groups is 1. The molecule has 0 saturated carbocycles. The van der Waals surface area contributed by atoms with E-state index in [-0.39, 0.29) is 29.5 Å². The standard InChI is InChI=1S/C25H31F3N4O7S/c1-24(2,3)17-7-11-19(12-8-17)40(35,36)32-20(21(33)39-22(34)25(26,27)28)15-16-5-9-18(10-6-16)37-13-4-14-38-31-23(29)30/h5-12,20,32H,4,13-15H2,1-3H3,(H4,29,30,31)/t20-/m0/s1. The van der Waals surface area contributed by atoms with Crippen LogP contribution in [0.25, 0.3) is 0 Å². The Morgan fingerprint density at radius 2 is 1.60 bits per heavy atom. The first kappa shape index (κ1) is 32.5. The Balaban J connectivity index is 2.16. The number of hydrogen-bond donors (Lipinski definition) is 4. The molecule has 220 valence electrons. The lowest BCUT2D eigenvalue weighted by atomic mass is 9.87. The van der Waals surface area contributed by atoms with Gasteiger partial charge in [0.25, 0.3) is 0 Å². The molecule has 2 aromatic rings. The Morgan fingerprint density at radius 1 is 1.00 bits per heavy atom. The van der Waals surface area contributed by atoms with Gasteiger partial charge in [0.2, 0.25) is 16.0 Å². The van der Waals surface area contributed by atoms with E-state index in [2.05, 4.69) is 14.9 Å². The molecule has 40 heavy (non-hydrogen) atoms. The van der Waals surface area contributed by atoms with Gasteiger partial charge in [0, 0.05) is 6.42 Å². The number of halogens is 3. The largest absolute Gasteiger partial charge is 0.494 e. The van der Waals surface area contributed by atoms with Crippen LogP contribution in [0.15, 0.2) is 53.4 Å². The number of carbonyl (C=O) groups excluding carboxylic acids is 2. The Bertz CT molecular complexity index is 1280. The molecule has 0 aromatic heterocycles. The van der Waals surface area contributed by atoms with Crippen LogP contribution in [0.5, 0.6) is 5.75 Å². The monoisotopic (exact) mass is 588 g/mol. The van der Waals surface area contributed by atoms with Crippen molar-refractivity contribution in [2.24, 2.45) is 5.73 Å². The number of rotatable bonds is 12. The molecule has 0 unspecified atom stereocenters. The Labute approximate surface area is 229 Å². The maximum atomic E-state index is 13.0. The van der Waals surface area contributed by atoms with Crippen molar-refractivity contribution >= 4 is 27.9 Å². The minimum Gasteiger partial charge on any atom is -0.494 e. The molecule has 0 fully saturated rings. The summed E-state index contributed by atoms with van der Waals surface area (Å²) in [6, 6.07) is 9.89. The second kappa shape index (κ2) is 13.6. The Hall–Kier alpha value is -3.69. The van der Waals surface area contributed by atoms with Gasteiger partial charge in [-0.3, -0.25) is 10.2 Å². The van der Waals surface area contributed by atoms with Gasteiger partial charge in [-0.05, 0) is 47.2 Å². The topological polar surface area (TPSA) is 170 Å². The van der Waals surface area contributed by atoms with E-state index >= 15 is 0 Å². The predicted octanol–water partition coefficient (Wildman–Crippen LogP) is 2.69. The van der Waals surface area contributed by atoms with Gasteiger partial charge in [-0.1, -0.05) is 45.0 Å². The maximum Gasteiger partial charge on any atom is 0.491 e. The lowest BCUT2D eigenvalue weighted by molar-refractivity contribution is -0.202. The van der Waals surface area contributed by atoms with Crippen molar-refractivity contribution in [3.05, 3.63) is 59.7 Å². The average Bonchev–Trinajstić information content (AvgIpc) is 2.85. The number of nitrogens with one attached hydrogen (secondary N) is 3. The molecule has 0 heterocycles. The molecular formula is C25H31F3N4O7S. The molecule has 0 amide bonds. The molecule has 0 spiro atoms. The Morgan fingerprint density at radius 3 is 2.12 bits per heavy atom. The highest BCUT2D eigenvalue weighted by molar-refractivity contribution is 7.89. The minimum absolute atomic E-state index is 0.206. The molecule has 1 atom stereocenters. The predicted molar refractivity (Wildman–Crippen MR) is 138 cm³/mol. The first-order valence-corrected chi connectivity index (χ1v) is 13.4. The third kappa shape index (κ3) is 10.5. The number of alkyl halides is 3. The van der Waals surface area contributed by atoms with Crippen LogP contribution in [0.2, 0.25) is 0 Å². The van der Waals surface area contributed by atoms with Crippen molar-refractivity contribution in [3.8, 4) is 5.75 Å². The highest BCUT2D eigenvalue weighted by Gasteiger charge is 2.43. The zero-order chi connectivity index (χ0) is 30.1. The van der Waals surface area contributed by atoms with Crippen molar-refractivity contribution in [1.29, 1.82) is 5.41 Å². The summed E-state index contributed by atoms with van der Waals surface area (Å²) in [5.74, 6) is -4.41. The van der Waals surface area contributed by atoms with E-state index in [9.17, 15) is 31.2 Å². The lowest BCUT2D eigenvalue weighted by Gasteiger charge is -2.20. The van der Waals surface area contributed by atoms with Crippen LogP contribution in [0.1, 0.15) is 38.3 Å². The highest BCUT2D eigenvalue weighted by Crippen LogP contribution is 2.24. The maximum absolute atomic E-state index is 13.0. The second-order valence-corrected chi connectivity index (χ2v) is 11.3. The molecule has 0 radical (unpaired) electrons. The molecule has 11 nitrogen and oxygen atoms in total. The summed E-state index contributed by atoms with van der Waals surface area (Å²) in [6.07, 6.45) is -5.43. The summed E-state index contributed by atoms with van der Waals surface area (Å²) in [4.78, 5) is 28.4. The first-order chi connectivity index (χ1) is 18.5. The third-order valence-electron chi connectivity index (χ3n) is 5.24. The van der Waals surface area contributed by atoms with Crippen molar-refractivity contribution in [2.45, 2.75) is 56.1 Å².